The number of benzene rings is 1. The van der Waals surface area contributed by atoms with Crippen LogP contribution in [0.4, 0.5) is 0 Å². The summed E-state index contributed by atoms with van der Waals surface area (Å²) in [6.07, 6.45) is 3.95. The summed E-state index contributed by atoms with van der Waals surface area (Å²) >= 11 is 0. The highest BCUT2D eigenvalue weighted by Gasteiger charge is 2.31. The van der Waals surface area contributed by atoms with Gasteiger partial charge in [0.2, 0.25) is 0 Å². The quantitative estimate of drug-likeness (QED) is 0.871. The summed E-state index contributed by atoms with van der Waals surface area (Å²) in [4.78, 5) is 2.56. The molecule has 0 aromatic heterocycles. The number of hydrogen-bond donors (Lipinski definition) is 1. The molecule has 21 heavy (non-hydrogen) atoms. The van der Waals surface area contributed by atoms with Gasteiger partial charge in [-0.15, -0.1) is 0 Å². The third-order valence-electron chi connectivity index (χ3n) is 5.24. The Morgan fingerprint density at radius 2 is 2.00 bits per heavy atom. The van der Waals surface area contributed by atoms with E-state index in [9.17, 15) is 0 Å². The van der Waals surface area contributed by atoms with Crippen LogP contribution in [0.3, 0.4) is 0 Å². The molecule has 2 aliphatic rings. The molecule has 1 heterocycles. The van der Waals surface area contributed by atoms with Crippen LogP contribution >= 0.6 is 0 Å². The number of nitrogens with zero attached hydrogens (tertiary/aromatic N) is 1. The highest BCUT2D eigenvalue weighted by Crippen LogP contribution is 2.37. The summed E-state index contributed by atoms with van der Waals surface area (Å²) in [5.41, 5.74) is 1.46. The van der Waals surface area contributed by atoms with Gasteiger partial charge >= 0.3 is 0 Å². The van der Waals surface area contributed by atoms with Gasteiger partial charge in [0, 0.05) is 12.6 Å². The van der Waals surface area contributed by atoms with Crippen LogP contribution in [-0.2, 0) is 0 Å². The van der Waals surface area contributed by atoms with Crippen molar-refractivity contribution in [2.75, 3.05) is 33.3 Å². The fourth-order valence-electron chi connectivity index (χ4n) is 3.63. The van der Waals surface area contributed by atoms with Crippen molar-refractivity contribution in [3.63, 3.8) is 0 Å². The molecule has 0 radical (unpaired) electrons. The molecule has 1 N–H and O–H groups in total. The van der Waals surface area contributed by atoms with Crippen LogP contribution in [0.15, 0.2) is 24.3 Å². The highest BCUT2D eigenvalue weighted by atomic mass is 16.5. The van der Waals surface area contributed by atoms with Crippen molar-refractivity contribution in [2.24, 2.45) is 5.92 Å². The fourth-order valence-corrected chi connectivity index (χ4v) is 3.63. The van der Waals surface area contributed by atoms with Gasteiger partial charge in [0.15, 0.2) is 0 Å². The largest absolute Gasteiger partial charge is 0.497 e. The first-order valence-corrected chi connectivity index (χ1v) is 8.38. The lowest BCUT2D eigenvalue weighted by Gasteiger charge is -2.37. The van der Waals surface area contributed by atoms with Gasteiger partial charge in [0.05, 0.1) is 7.11 Å². The van der Waals surface area contributed by atoms with Crippen molar-refractivity contribution < 1.29 is 4.74 Å². The van der Waals surface area contributed by atoms with E-state index in [2.05, 4.69) is 41.4 Å². The van der Waals surface area contributed by atoms with Gasteiger partial charge in [-0.05, 0) is 68.4 Å². The van der Waals surface area contributed by atoms with Crippen molar-refractivity contribution in [3.05, 3.63) is 29.8 Å². The fraction of sp³-hybridized carbons (Fsp3) is 0.667. The maximum atomic E-state index is 5.22. The summed E-state index contributed by atoms with van der Waals surface area (Å²) < 4.78 is 5.22. The Morgan fingerprint density at radius 1 is 1.24 bits per heavy atom. The monoisotopic (exact) mass is 288 g/mol. The third-order valence-corrected chi connectivity index (χ3v) is 5.24. The number of likely N-dealkylation sites (tertiary alicyclic amines) is 1. The van der Waals surface area contributed by atoms with Crippen LogP contribution in [0, 0.1) is 5.92 Å². The average Bonchev–Trinajstić information content (AvgIpc) is 2.94. The standard InChI is InChI=1S/C18H28N2O/c1-3-20-9-8-14(13-20)12-19-17-10-16(11-17)15-4-6-18(21-2)7-5-15/h4-7,14,16-17,19H,3,8-13H2,1-2H3. The summed E-state index contributed by atoms with van der Waals surface area (Å²) in [5.74, 6) is 2.56. The van der Waals surface area contributed by atoms with Crippen LogP contribution in [-0.4, -0.2) is 44.2 Å². The zero-order chi connectivity index (χ0) is 14.7. The number of hydrogen-bond acceptors (Lipinski definition) is 3. The van der Waals surface area contributed by atoms with E-state index in [1.165, 1.54) is 51.0 Å². The van der Waals surface area contributed by atoms with E-state index in [4.69, 9.17) is 4.74 Å². The van der Waals surface area contributed by atoms with Crippen LogP contribution in [0.25, 0.3) is 0 Å². The first-order valence-electron chi connectivity index (χ1n) is 8.38. The molecule has 1 unspecified atom stereocenters. The van der Waals surface area contributed by atoms with E-state index in [1.807, 2.05) is 0 Å². The van der Waals surface area contributed by atoms with Crippen molar-refractivity contribution in [2.45, 2.75) is 38.1 Å². The smallest absolute Gasteiger partial charge is 0.118 e. The Hall–Kier alpha value is -1.06. The minimum absolute atomic E-state index is 0.729. The van der Waals surface area contributed by atoms with Crippen LogP contribution in [0.2, 0.25) is 0 Å². The molecule has 3 heteroatoms. The van der Waals surface area contributed by atoms with Crippen LogP contribution < -0.4 is 10.1 Å². The SMILES string of the molecule is CCN1CCC(CNC2CC(c3ccc(OC)cc3)C2)C1. The highest BCUT2D eigenvalue weighted by molar-refractivity contribution is 5.30. The van der Waals surface area contributed by atoms with Gasteiger partial charge in [-0.2, -0.15) is 0 Å². The molecule has 0 amide bonds. The molecule has 3 nitrogen and oxygen atoms in total. The van der Waals surface area contributed by atoms with Crippen molar-refractivity contribution >= 4 is 0 Å². The van der Waals surface area contributed by atoms with Gasteiger partial charge in [-0.25, -0.2) is 0 Å². The molecule has 2 fully saturated rings. The van der Waals surface area contributed by atoms with Gasteiger partial charge in [0.25, 0.3) is 0 Å². The van der Waals surface area contributed by atoms with E-state index < -0.39 is 0 Å². The number of rotatable bonds is 6. The Labute approximate surface area is 128 Å². The maximum Gasteiger partial charge on any atom is 0.118 e. The zero-order valence-electron chi connectivity index (χ0n) is 13.3. The molecule has 1 saturated carbocycles. The molecule has 1 saturated heterocycles. The van der Waals surface area contributed by atoms with Crippen molar-refractivity contribution in [1.29, 1.82) is 0 Å². The molecule has 1 aromatic rings. The normalized spacial score (nSPS) is 29.3. The van der Waals surface area contributed by atoms with Crippen LogP contribution in [0.1, 0.15) is 37.7 Å². The molecular formula is C18H28N2O. The molecule has 3 rings (SSSR count). The minimum atomic E-state index is 0.729. The Morgan fingerprint density at radius 3 is 2.62 bits per heavy atom. The summed E-state index contributed by atoms with van der Waals surface area (Å²) in [5, 5.41) is 3.78. The van der Waals surface area contributed by atoms with Gasteiger partial charge in [-0.3, -0.25) is 0 Å². The van der Waals surface area contributed by atoms with E-state index in [1.54, 1.807) is 7.11 Å². The summed E-state index contributed by atoms with van der Waals surface area (Å²) in [6, 6.07) is 9.32. The average molecular weight is 288 g/mol. The summed E-state index contributed by atoms with van der Waals surface area (Å²) in [7, 11) is 1.72. The van der Waals surface area contributed by atoms with Gasteiger partial charge in [-0.1, -0.05) is 19.1 Å². The number of methoxy groups -OCH3 is 1. The first kappa shape index (κ1) is 14.9. The molecule has 116 valence electrons. The first-order chi connectivity index (χ1) is 10.3. The molecule has 0 spiro atoms. The maximum absolute atomic E-state index is 5.22. The molecule has 1 aromatic carbocycles. The molecule has 1 aliphatic carbocycles. The van der Waals surface area contributed by atoms with E-state index >= 15 is 0 Å². The second-order valence-corrected chi connectivity index (χ2v) is 6.59. The lowest BCUT2D eigenvalue weighted by Crippen LogP contribution is -2.42. The molecule has 1 aliphatic heterocycles. The van der Waals surface area contributed by atoms with Gasteiger partial charge in [0.1, 0.15) is 5.75 Å². The Bertz CT molecular complexity index is 439. The number of ether oxygens (including phenoxy) is 1. The molecule has 1 atom stereocenters. The van der Waals surface area contributed by atoms with Crippen LogP contribution in [0.5, 0.6) is 5.75 Å². The van der Waals surface area contributed by atoms with Gasteiger partial charge < -0.3 is 15.0 Å². The Kier molecular flexibility index (Phi) is 4.81. The lowest BCUT2D eigenvalue weighted by molar-refractivity contribution is 0.271. The van der Waals surface area contributed by atoms with Crippen molar-refractivity contribution in [3.8, 4) is 5.75 Å². The lowest BCUT2D eigenvalue weighted by atomic mass is 9.76. The van der Waals surface area contributed by atoms with E-state index in [-0.39, 0.29) is 0 Å². The Balaban J connectivity index is 1.37. The topological polar surface area (TPSA) is 24.5 Å². The minimum Gasteiger partial charge on any atom is -0.497 e. The van der Waals surface area contributed by atoms with E-state index in [0.717, 1.165) is 23.6 Å². The predicted molar refractivity (Wildman–Crippen MR) is 87.0 cm³/mol. The van der Waals surface area contributed by atoms with Crippen molar-refractivity contribution in [1.82, 2.24) is 10.2 Å². The predicted octanol–water partition coefficient (Wildman–Crippen LogP) is 2.87. The third kappa shape index (κ3) is 3.58. The second kappa shape index (κ2) is 6.80. The second-order valence-electron chi connectivity index (χ2n) is 6.59. The van der Waals surface area contributed by atoms with E-state index in [0.29, 0.717) is 0 Å². The molecule has 0 bridgehead atoms. The zero-order valence-corrected chi connectivity index (χ0v) is 13.3. The molecular weight excluding hydrogens is 260 g/mol. The number of nitrogens with one attached hydrogen (secondary N) is 1. The summed E-state index contributed by atoms with van der Waals surface area (Å²) in [6.45, 7) is 7.26.